The minimum absolute atomic E-state index is 0.00840. The number of carbonyl (C=O) groups is 1. The van der Waals surface area contributed by atoms with Crippen molar-refractivity contribution in [1.82, 2.24) is 10.3 Å². The topological polar surface area (TPSA) is 42.0 Å². The van der Waals surface area contributed by atoms with Crippen LogP contribution in [0.25, 0.3) is 0 Å². The molecule has 1 aromatic heterocycles. The van der Waals surface area contributed by atoms with Crippen molar-refractivity contribution in [1.29, 1.82) is 0 Å². The van der Waals surface area contributed by atoms with Crippen molar-refractivity contribution in [3.8, 4) is 0 Å². The Morgan fingerprint density at radius 1 is 1.65 bits per heavy atom. The lowest BCUT2D eigenvalue weighted by Crippen LogP contribution is -2.23. The Balaban J connectivity index is 2.31. The Morgan fingerprint density at radius 2 is 2.47 bits per heavy atom. The number of thiazole rings is 1. The highest BCUT2D eigenvalue weighted by atomic mass is 32.2. The molecule has 0 aromatic carbocycles. The molecule has 0 saturated carbocycles. The molecule has 0 saturated heterocycles. The van der Waals surface area contributed by atoms with Gasteiger partial charge in [0.15, 0.2) is 4.34 Å². The number of nitrogens with zero attached hydrogens (tertiary/aromatic N) is 1. The van der Waals surface area contributed by atoms with Crippen LogP contribution in [0.15, 0.2) is 22.7 Å². The van der Waals surface area contributed by atoms with Crippen LogP contribution in [0.3, 0.4) is 0 Å². The Bertz CT molecular complexity index is 374. The van der Waals surface area contributed by atoms with Crippen LogP contribution in [-0.4, -0.2) is 23.2 Å². The van der Waals surface area contributed by atoms with E-state index in [9.17, 15) is 4.79 Å². The smallest absolute Gasteiger partial charge is 0.263 e. The summed E-state index contributed by atoms with van der Waals surface area (Å²) in [6, 6.07) is 0. The third-order valence-corrected chi connectivity index (χ3v) is 4.08. The maximum absolute atomic E-state index is 11.7. The second kappa shape index (κ2) is 8.31. The number of amides is 1. The van der Waals surface area contributed by atoms with E-state index in [0.29, 0.717) is 4.88 Å². The zero-order valence-corrected chi connectivity index (χ0v) is 11.9. The van der Waals surface area contributed by atoms with E-state index in [-0.39, 0.29) is 5.91 Å². The van der Waals surface area contributed by atoms with Gasteiger partial charge in [0, 0.05) is 6.54 Å². The van der Waals surface area contributed by atoms with E-state index in [2.05, 4.69) is 23.3 Å². The summed E-state index contributed by atoms with van der Waals surface area (Å²) in [5.41, 5.74) is 0. The molecule has 5 heteroatoms. The Morgan fingerprint density at radius 3 is 3.18 bits per heavy atom. The first kappa shape index (κ1) is 14.3. The molecule has 1 heterocycles. The summed E-state index contributed by atoms with van der Waals surface area (Å²) in [7, 11) is 0. The minimum atomic E-state index is -0.00840. The van der Waals surface area contributed by atoms with Gasteiger partial charge in [-0.2, -0.15) is 0 Å². The quantitative estimate of drug-likeness (QED) is 0.469. The second-order valence-electron chi connectivity index (χ2n) is 3.39. The lowest BCUT2D eigenvalue weighted by atomic mass is 10.3. The molecule has 0 bridgehead atoms. The summed E-state index contributed by atoms with van der Waals surface area (Å²) < 4.78 is 0.964. The third-order valence-electron chi connectivity index (χ3n) is 2.04. The van der Waals surface area contributed by atoms with Gasteiger partial charge in [-0.3, -0.25) is 4.79 Å². The standard InChI is InChI=1S/C12H18N2OS2/c1-3-5-6-7-8-13-11(15)10-9-14-12(17-10)16-4-2/h3,5,9H,4,6-8H2,1-2H3,(H,13,15)/b5-3-. The second-order valence-corrected chi connectivity index (χ2v) is 5.93. The van der Waals surface area contributed by atoms with E-state index in [4.69, 9.17) is 0 Å². The molecule has 1 N–H and O–H groups in total. The summed E-state index contributed by atoms with van der Waals surface area (Å²) in [6.45, 7) is 4.80. The van der Waals surface area contributed by atoms with E-state index in [0.717, 1.165) is 29.5 Å². The van der Waals surface area contributed by atoms with E-state index >= 15 is 0 Å². The van der Waals surface area contributed by atoms with Gasteiger partial charge in [0.1, 0.15) is 4.88 Å². The molecule has 94 valence electrons. The number of nitrogens with one attached hydrogen (secondary N) is 1. The zero-order valence-electron chi connectivity index (χ0n) is 10.2. The molecule has 17 heavy (non-hydrogen) atoms. The first-order valence-electron chi connectivity index (χ1n) is 5.76. The summed E-state index contributed by atoms with van der Waals surface area (Å²) in [5, 5.41) is 2.90. The number of allylic oxidation sites excluding steroid dienone is 2. The van der Waals surface area contributed by atoms with Gasteiger partial charge in [-0.25, -0.2) is 4.98 Å². The monoisotopic (exact) mass is 270 g/mol. The summed E-state index contributed by atoms with van der Waals surface area (Å²) in [6.07, 6.45) is 7.78. The molecule has 0 aliphatic rings. The van der Waals surface area contributed by atoms with Crippen molar-refractivity contribution >= 4 is 29.0 Å². The SMILES string of the molecule is C/C=C\CCCNC(=O)c1cnc(SCC)s1. The van der Waals surface area contributed by atoms with Gasteiger partial charge in [-0.15, -0.1) is 11.3 Å². The highest BCUT2D eigenvalue weighted by Gasteiger charge is 2.09. The lowest BCUT2D eigenvalue weighted by Gasteiger charge is -2.00. The number of thioether (sulfide) groups is 1. The van der Waals surface area contributed by atoms with Crippen LogP contribution in [0.2, 0.25) is 0 Å². The van der Waals surface area contributed by atoms with Crippen LogP contribution in [0.1, 0.15) is 36.4 Å². The fourth-order valence-electron chi connectivity index (χ4n) is 1.23. The van der Waals surface area contributed by atoms with Gasteiger partial charge in [-0.1, -0.05) is 30.8 Å². The molecule has 0 aliphatic heterocycles. The summed E-state index contributed by atoms with van der Waals surface area (Å²) >= 11 is 3.13. The predicted octanol–water partition coefficient (Wildman–Crippen LogP) is 3.34. The summed E-state index contributed by atoms with van der Waals surface area (Å²) in [5.74, 6) is 0.976. The van der Waals surface area contributed by atoms with Crippen molar-refractivity contribution in [2.45, 2.75) is 31.0 Å². The van der Waals surface area contributed by atoms with Crippen LogP contribution in [0.4, 0.5) is 0 Å². The number of unbranched alkanes of at least 4 members (excludes halogenated alkanes) is 1. The van der Waals surface area contributed by atoms with Crippen LogP contribution in [0, 0.1) is 0 Å². The van der Waals surface area contributed by atoms with Crippen molar-refractivity contribution in [3.63, 3.8) is 0 Å². The fourth-order valence-corrected chi connectivity index (χ4v) is 3.03. The number of rotatable bonds is 7. The maximum atomic E-state index is 11.7. The fraction of sp³-hybridized carbons (Fsp3) is 0.500. The number of hydrogen-bond donors (Lipinski definition) is 1. The first-order chi connectivity index (χ1) is 8.27. The van der Waals surface area contributed by atoms with Crippen molar-refractivity contribution in [2.24, 2.45) is 0 Å². The van der Waals surface area contributed by atoms with Gasteiger partial charge in [0.2, 0.25) is 0 Å². The molecule has 0 radical (unpaired) electrons. The minimum Gasteiger partial charge on any atom is -0.351 e. The van der Waals surface area contributed by atoms with Crippen LogP contribution < -0.4 is 5.32 Å². The maximum Gasteiger partial charge on any atom is 0.263 e. The molecule has 0 aliphatic carbocycles. The van der Waals surface area contributed by atoms with Gasteiger partial charge in [-0.05, 0) is 25.5 Å². The molecular weight excluding hydrogens is 252 g/mol. The number of aromatic nitrogens is 1. The molecule has 0 unspecified atom stereocenters. The predicted molar refractivity (Wildman–Crippen MR) is 74.9 cm³/mol. The zero-order chi connectivity index (χ0) is 12.5. The normalized spacial score (nSPS) is 10.9. The lowest BCUT2D eigenvalue weighted by molar-refractivity contribution is 0.0957. The Hall–Kier alpha value is -0.810. The third kappa shape index (κ3) is 5.37. The van der Waals surface area contributed by atoms with Crippen molar-refractivity contribution in [3.05, 3.63) is 23.2 Å². The van der Waals surface area contributed by atoms with Crippen molar-refractivity contribution < 1.29 is 4.79 Å². The van der Waals surface area contributed by atoms with Gasteiger partial charge < -0.3 is 5.32 Å². The number of hydrogen-bond acceptors (Lipinski definition) is 4. The van der Waals surface area contributed by atoms with Gasteiger partial charge >= 0.3 is 0 Å². The van der Waals surface area contributed by atoms with Crippen molar-refractivity contribution in [2.75, 3.05) is 12.3 Å². The van der Waals surface area contributed by atoms with Gasteiger partial charge in [0.25, 0.3) is 5.91 Å². The first-order valence-corrected chi connectivity index (χ1v) is 7.56. The number of carbonyl (C=O) groups excluding carboxylic acids is 1. The molecule has 0 fully saturated rings. The van der Waals surface area contributed by atoms with Crippen LogP contribution in [-0.2, 0) is 0 Å². The average molecular weight is 270 g/mol. The van der Waals surface area contributed by atoms with E-state index in [1.165, 1.54) is 11.3 Å². The molecular formula is C12H18N2OS2. The largest absolute Gasteiger partial charge is 0.351 e. The summed E-state index contributed by atoms with van der Waals surface area (Å²) in [4.78, 5) is 16.6. The van der Waals surface area contributed by atoms with Crippen LogP contribution in [0.5, 0.6) is 0 Å². The average Bonchev–Trinajstić information content (AvgIpc) is 2.78. The Kier molecular flexibility index (Phi) is 6.96. The molecule has 0 atom stereocenters. The molecule has 0 spiro atoms. The van der Waals surface area contributed by atoms with Crippen LogP contribution >= 0.6 is 23.1 Å². The highest BCUT2D eigenvalue weighted by molar-refractivity contribution is 8.01. The van der Waals surface area contributed by atoms with E-state index in [1.807, 2.05) is 13.0 Å². The van der Waals surface area contributed by atoms with E-state index in [1.54, 1.807) is 18.0 Å². The molecule has 1 rings (SSSR count). The molecule has 1 aromatic rings. The van der Waals surface area contributed by atoms with E-state index < -0.39 is 0 Å². The highest BCUT2D eigenvalue weighted by Crippen LogP contribution is 2.23. The van der Waals surface area contributed by atoms with Gasteiger partial charge in [0.05, 0.1) is 6.20 Å². The molecule has 1 amide bonds. The molecule has 3 nitrogen and oxygen atoms in total. The Labute approximate surface area is 111 Å².